The molecular weight excluding hydrogens is 489 g/mol. The molecule has 1 aliphatic heterocycles. The van der Waals surface area contributed by atoms with Crippen LogP contribution in [0.2, 0.25) is 0 Å². The zero-order valence-electron chi connectivity index (χ0n) is 20.9. The van der Waals surface area contributed by atoms with Gasteiger partial charge in [-0.1, -0.05) is 142 Å². The minimum absolute atomic E-state index is 0.0628. The number of hydrogen-bond donors (Lipinski definition) is 1. The van der Waals surface area contributed by atoms with Crippen LogP contribution in [0.15, 0.2) is 121 Å². The lowest BCUT2D eigenvalue weighted by molar-refractivity contribution is -0.140. The first kappa shape index (κ1) is 25.1. The van der Waals surface area contributed by atoms with E-state index in [1.165, 1.54) is 20.7 Å². The standard InChI is InChI=1S/C31H32N2O2Si2/c32-24-23-31(33-29(34)21-22-30(33)35,36(25-13-5-1-6-14-25)26-15-7-2-8-16-26)37(27-17-9-3-10-18-27)28-19-11-4-12-20-28/h1-20,36-37H,21-24,32H2. The van der Waals surface area contributed by atoms with Crippen LogP contribution in [0.4, 0.5) is 0 Å². The number of benzene rings is 4. The number of nitrogens with zero attached hydrogens (tertiary/aromatic N) is 1. The maximum atomic E-state index is 13.7. The normalized spacial score (nSPS) is 14.1. The van der Waals surface area contributed by atoms with Crippen molar-refractivity contribution in [1.82, 2.24) is 4.90 Å². The molecule has 5 rings (SSSR count). The molecule has 0 unspecified atom stereocenters. The summed E-state index contributed by atoms with van der Waals surface area (Å²) in [7, 11) is -4.56. The summed E-state index contributed by atoms with van der Waals surface area (Å²) >= 11 is 0. The van der Waals surface area contributed by atoms with Crippen molar-refractivity contribution in [2.75, 3.05) is 6.54 Å². The van der Waals surface area contributed by atoms with Crippen LogP contribution in [0.1, 0.15) is 19.3 Å². The molecule has 6 heteroatoms. The molecule has 0 aliphatic carbocycles. The van der Waals surface area contributed by atoms with Gasteiger partial charge in [0.15, 0.2) is 0 Å². The molecule has 0 aromatic heterocycles. The molecule has 4 aromatic rings. The monoisotopic (exact) mass is 520 g/mol. The first-order chi connectivity index (χ1) is 18.2. The average molecular weight is 521 g/mol. The van der Waals surface area contributed by atoms with Crippen molar-refractivity contribution >= 4 is 50.2 Å². The number of likely N-dealkylation sites (tertiary alicyclic amines) is 1. The SMILES string of the molecule is NCCC(N1C(=O)CCC1=O)([SiH](c1ccccc1)c1ccccc1)[SiH](c1ccccc1)c1ccccc1. The van der Waals surface area contributed by atoms with E-state index in [-0.39, 0.29) is 24.7 Å². The van der Waals surface area contributed by atoms with E-state index in [4.69, 9.17) is 5.73 Å². The Labute approximate surface area is 222 Å². The van der Waals surface area contributed by atoms with E-state index < -0.39 is 22.4 Å². The minimum atomic E-state index is -2.28. The van der Waals surface area contributed by atoms with Crippen molar-refractivity contribution in [2.45, 2.75) is 24.0 Å². The molecule has 37 heavy (non-hydrogen) atoms. The summed E-state index contributed by atoms with van der Waals surface area (Å²) in [6.45, 7) is 0.392. The van der Waals surface area contributed by atoms with E-state index in [1.807, 2.05) is 24.3 Å². The fourth-order valence-corrected chi connectivity index (χ4v) is 17.4. The molecule has 0 radical (unpaired) electrons. The van der Waals surface area contributed by atoms with Gasteiger partial charge in [-0.15, -0.1) is 0 Å². The number of carbonyl (C=O) groups is 2. The van der Waals surface area contributed by atoms with Crippen molar-refractivity contribution in [3.05, 3.63) is 121 Å². The van der Waals surface area contributed by atoms with Gasteiger partial charge >= 0.3 is 0 Å². The third-order valence-electron chi connectivity index (χ3n) is 7.54. The van der Waals surface area contributed by atoms with E-state index >= 15 is 0 Å². The highest BCUT2D eigenvalue weighted by atomic mass is 28.3. The van der Waals surface area contributed by atoms with Gasteiger partial charge in [0.25, 0.3) is 0 Å². The summed E-state index contributed by atoms with van der Waals surface area (Å²) < 4.78 is 0. The number of imide groups is 1. The second-order valence-corrected chi connectivity index (χ2v) is 16.7. The molecular formula is C31H32N2O2Si2. The zero-order chi connectivity index (χ0) is 25.7. The molecule has 2 amide bonds. The van der Waals surface area contributed by atoms with Crippen molar-refractivity contribution < 1.29 is 9.59 Å². The van der Waals surface area contributed by atoms with Crippen molar-refractivity contribution in [3.8, 4) is 0 Å². The molecule has 186 valence electrons. The lowest BCUT2D eigenvalue weighted by atomic mass is 10.3. The summed E-state index contributed by atoms with van der Waals surface area (Å²) in [4.78, 5) is 28.5. The topological polar surface area (TPSA) is 63.4 Å². The highest BCUT2D eigenvalue weighted by Crippen LogP contribution is 2.32. The van der Waals surface area contributed by atoms with Gasteiger partial charge in [0.1, 0.15) is 17.6 Å². The maximum absolute atomic E-state index is 13.7. The Morgan fingerprint density at radius 2 is 0.865 bits per heavy atom. The fraction of sp³-hybridized carbons (Fsp3) is 0.161. The van der Waals surface area contributed by atoms with Gasteiger partial charge in [-0.25, -0.2) is 0 Å². The second kappa shape index (κ2) is 11.2. The van der Waals surface area contributed by atoms with Crippen LogP contribution < -0.4 is 26.5 Å². The third kappa shape index (κ3) is 4.75. The Balaban J connectivity index is 1.91. The summed E-state index contributed by atoms with van der Waals surface area (Å²) in [5.74, 6) is -0.126. The molecule has 1 heterocycles. The van der Waals surface area contributed by atoms with Crippen LogP contribution in [0, 0.1) is 0 Å². The van der Waals surface area contributed by atoms with E-state index in [0.717, 1.165) is 0 Å². The first-order valence-corrected chi connectivity index (χ1v) is 16.4. The third-order valence-corrected chi connectivity index (χ3v) is 16.8. The number of hydrogen-bond acceptors (Lipinski definition) is 3. The molecule has 0 atom stereocenters. The van der Waals surface area contributed by atoms with Crippen molar-refractivity contribution in [2.24, 2.45) is 5.73 Å². The number of nitrogens with two attached hydrogens (primary N) is 1. The van der Waals surface area contributed by atoms with Gasteiger partial charge < -0.3 is 5.73 Å². The lowest BCUT2D eigenvalue weighted by Crippen LogP contribution is -2.81. The molecule has 1 fully saturated rings. The van der Waals surface area contributed by atoms with Gasteiger partial charge in [-0.3, -0.25) is 14.5 Å². The summed E-state index contributed by atoms with van der Waals surface area (Å²) in [5, 5.41) is 4.89. The maximum Gasteiger partial charge on any atom is 0.229 e. The van der Waals surface area contributed by atoms with Crippen LogP contribution in [0.25, 0.3) is 0 Å². The Morgan fingerprint density at radius 1 is 0.568 bits per heavy atom. The molecule has 2 N–H and O–H groups in total. The molecule has 1 aliphatic rings. The van der Waals surface area contributed by atoms with Crippen LogP contribution in [0.3, 0.4) is 0 Å². The van der Waals surface area contributed by atoms with Crippen LogP contribution in [-0.4, -0.2) is 45.6 Å². The van der Waals surface area contributed by atoms with E-state index in [0.29, 0.717) is 13.0 Å². The number of rotatable bonds is 9. The van der Waals surface area contributed by atoms with Gasteiger partial charge in [-0.05, 0) is 13.0 Å². The van der Waals surface area contributed by atoms with Crippen LogP contribution >= 0.6 is 0 Å². The molecule has 4 aromatic carbocycles. The average Bonchev–Trinajstić information content (AvgIpc) is 3.29. The largest absolute Gasteiger partial charge is 0.330 e. The second-order valence-electron chi connectivity index (χ2n) is 9.66. The Hall–Kier alpha value is -3.59. The van der Waals surface area contributed by atoms with Gasteiger partial charge in [-0.2, -0.15) is 0 Å². The fourth-order valence-electron chi connectivity index (χ4n) is 6.22. The van der Waals surface area contributed by atoms with Gasteiger partial charge in [0.05, 0.1) is 0 Å². The van der Waals surface area contributed by atoms with E-state index in [9.17, 15) is 9.59 Å². The Kier molecular flexibility index (Phi) is 7.60. The summed E-state index contributed by atoms with van der Waals surface area (Å²) in [6, 6.07) is 42.1. The van der Waals surface area contributed by atoms with Crippen LogP contribution in [-0.2, 0) is 9.59 Å². The molecule has 0 bridgehead atoms. The lowest BCUT2D eigenvalue weighted by Gasteiger charge is -2.51. The Morgan fingerprint density at radius 3 is 1.14 bits per heavy atom. The predicted molar refractivity (Wildman–Crippen MR) is 156 cm³/mol. The summed E-state index contributed by atoms with van der Waals surface area (Å²) in [6.07, 6.45) is 1.10. The number of amides is 2. The van der Waals surface area contributed by atoms with Crippen molar-refractivity contribution in [3.63, 3.8) is 0 Å². The molecule has 4 nitrogen and oxygen atoms in total. The quantitative estimate of drug-likeness (QED) is 0.268. The van der Waals surface area contributed by atoms with Gasteiger partial charge in [0, 0.05) is 17.6 Å². The number of carbonyl (C=O) groups excluding carboxylic acids is 2. The predicted octanol–water partition coefficient (Wildman–Crippen LogP) is 1.38. The molecule has 1 saturated heterocycles. The molecule has 0 saturated carbocycles. The van der Waals surface area contributed by atoms with E-state index in [1.54, 1.807) is 4.90 Å². The minimum Gasteiger partial charge on any atom is -0.330 e. The zero-order valence-corrected chi connectivity index (χ0v) is 23.2. The molecule has 0 spiro atoms. The van der Waals surface area contributed by atoms with Gasteiger partial charge in [0.2, 0.25) is 11.8 Å². The smallest absolute Gasteiger partial charge is 0.229 e. The highest BCUT2D eigenvalue weighted by Gasteiger charge is 2.57. The Bertz CT molecular complexity index is 1160. The van der Waals surface area contributed by atoms with Crippen molar-refractivity contribution in [1.29, 1.82) is 0 Å². The van der Waals surface area contributed by atoms with E-state index in [2.05, 4.69) is 97.1 Å². The van der Waals surface area contributed by atoms with Crippen LogP contribution in [0.5, 0.6) is 0 Å². The first-order valence-electron chi connectivity index (χ1n) is 12.9. The highest BCUT2D eigenvalue weighted by molar-refractivity contribution is 7.05. The summed E-state index contributed by atoms with van der Waals surface area (Å²) in [5.41, 5.74) is 6.46.